The number of amides is 3. The molecule has 3 unspecified atom stereocenters. The van der Waals surface area contributed by atoms with Crippen molar-refractivity contribution < 1.29 is 119 Å². The van der Waals surface area contributed by atoms with E-state index >= 15 is 9.59 Å². The van der Waals surface area contributed by atoms with E-state index in [2.05, 4.69) is 31.0 Å². The zero-order valence-electron chi connectivity index (χ0n) is 57.6. The highest BCUT2D eigenvalue weighted by atomic mass is 33.1. The first kappa shape index (κ1) is 79.5. The number of methoxy groups -OCH3 is 2. The molecule has 34 heteroatoms. The summed E-state index contributed by atoms with van der Waals surface area (Å²) in [6.07, 6.45) is -13.3. The van der Waals surface area contributed by atoms with E-state index in [1.807, 2.05) is 67.7 Å². The van der Waals surface area contributed by atoms with Crippen LogP contribution in [0.15, 0.2) is 48.6 Å². The molecule has 5 aliphatic heterocycles. The fraction of sp³-hybridized carbons (Fsp3) is 0.647. The molecule has 9 rings (SSSR count). The van der Waals surface area contributed by atoms with Crippen molar-refractivity contribution in [3.05, 3.63) is 70.9 Å². The van der Waals surface area contributed by atoms with Gasteiger partial charge in [-0.15, -0.1) is 0 Å². The summed E-state index contributed by atoms with van der Waals surface area (Å²) in [6.45, 7) is 3.85. The molecule has 564 valence electrons. The number of para-hydroxylation sites is 1. The number of esters is 1. The number of aromatic nitrogens is 1. The molecule has 18 N–H and O–H groups in total. The Labute approximate surface area is 595 Å². The van der Waals surface area contributed by atoms with Gasteiger partial charge in [-0.2, -0.15) is 0 Å². The molecule has 1 aliphatic carbocycles. The molecule has 32 nitrogen and oxygen atoms in total. The molecule has 2 aromatic carbocycles. The standard InChI is InChI=1S/C68H96N8O24S2/c1-7-64(96)27-34-28-67(62(94)99-6,55-38(14-18-75(29-34)33-64)37-12-9-10-13-41(37)70-55)40-25-39-42(26-47(40)98-5)74(4)59-66(39)16-19-76-17-11-15-65(8-2,58(66)76)60(92)68(59,97)61(93)72-73-63(95)100-20-21-101-102-32-36(57(90)91)23-44(80)50(54(88)52(86)46(82)31-78)71-56(89)35(24-48(83)84)22-43(79)49(69-3)53(87)51(85)45(81)30-77/h9-13,15,25-26,34-36,45-46,49-54,58-60,69-70,77-78,81-82,85-88,92,96-97H,7-8,14,16-24,27-33H2,1-6H3,(H,71,89)(H,72,93)(H,73,95)(H,83,84)(H,90,91)/t34-,35?,36+,45-,46-,49-,50-,51-,52-,53-,54-,58?,59-,60-,64+,65-,66-,67+,68+/m1/s1. The number of aromatic amines is 1. The Morgan fingerprint density at radius 3 is 2.09 bits per heavy atom. The number of aliphatic hydroxyl groups is 11. The molecule has 1 aromatic heterocycles. The van der Waals surface area contributed by atoms with Crippen LogP contribution in [-0.4, -0.2) is 299 Å². The minimum absolute atomic E-state index is 0.0467. The number of H-pyrrole nitrogens is 1. The van der Waals surface area contributed by atoms with Crippen LogP contribution in [0.3, 0.4) is 0 Å². The normalized spacial score (nSPS) is 29.4. The van der Waals surface area contributed by atoms with Gasteiger partial charge >= 0.3 is 24.0 Å². The molecule has 6 aliphatic rings. The first-order valence-corrected chi connectivity index (χ1v) is 36.5. The number of ether oxygens (including phenoxy) is 3. The van der Waals surface area contributed by atoms with Crippen molar-refractivity contribution in [2.24, 2.45) is 23.2 Å². The Hall–Kier alpha value is -6.58. The number of benzene rings is 2. The van der Waals surface area contributed by atoms with Gasteiger partial charge in [-0.1, -0.05) is 65.8 Å². The van der Waals surface area contributed by atoms with Crippen LogP contribution in [0.1, 0.15) is 87.6 Å². The minimum atomic E-state index is -2.72. The summed E-state index contributed by atoms with van der Waals surface area (Å²) in [4.78, 5) is 120. The van der Waals surface area contributed by atoms with Crippen LogP contribution in [0.2, 0.25) is 0 Å². The number of likely N-dealkylation sites (N-methyl/N-ethyl adjacent to an activating group) is 2. The van der Waals surface area contributed by atoms with Crippen molar-refractivity contribution in [2.45, 2.75) is 161 Å². The SMILES string of the molecule is CC[C@]1(O)C[C@H]2CN(CCc3c([nH]c4ccccc34)[C@@](C(=O)OC)(c3cc4c(cc3OC)N(C)[C@H]3[C@@](O)(C(=O)NNC(=O)OCCSSC[C@H](CC(=O)[C@@H](NC(=O)C(CC(=O)O)CC(=O)[C@@H](NC)[C@@H](O)[C@H](O)[C@H](O)CO)[C@@H](O)[C@H](O)[C@H](O)CO)C(=O)O)[C@H](O)[C@]5(CC)C=CCN6CC[C@]43C65)C2)C1. The van der Waals surface area contributed by atoms with Crippen LogP contribution in [0.5, 0.6) is 5.75 Å². The number of nitrogens with zero attached hydrogens (tertiary/aromatic N) is 3. The van der Waals surface area contributed by atoms with Gasteiger partial charge in [0.25, 0.3) is 5.91 Å². The highest BCUT2D eigenvalue weighted by molar-refractivity contribution is 8.76. The second-order valence-corrected chi connectivity index (χ2v) is 30.5. The summed E-state index contributed by atoms with van der Waals surface area (Å²) in [5.41, 5.74) is 0.727. The predicted octanol–water partition coefficient (Wildman–Crippen LogP) is -2.68. The number of rotatable bonds is 32. The molecule has 3 amide bonds. The van der Waals surface area contributed by atoms with E-state index in [4.69, 9.17) is 14.2 Å². The molecular formula is C68H96N8O24S2. The maximum atomic E-state index is 15.6. The number of ketones is 2. The van der Waals surface area contributed by atoms with Crippen LogP contribution in [0, 0.1) is 23.2 Å². The number of carboxylic acid groups (broad SMARTS) is 2. The number of aliphatic hydroxyl groups excluding tert-OH is 9. The number of carbonyl (C=O) groups excluding carboxylic acids is 6. The van der Waals surface area contributed by atoms with E-state index in [9.17, 15) is 95.2 Å². The van der Waals surface area contributed by atoms with Crippen molar-refractivity contribution in [1.82, 2.24) is 36.3 Å². The van der Waals surface area contributed by atoms with Gasteiger partial charge in [0.05, 0.1) is 63.4 Å². The lowest BCUT2D eigenvalue weighted by Gasteiger charge is -2.63. The zero-order chi connectivity index (χ0) is 74.7. The maximum Gasteiger partial charge on any atom is 0.426 e. The van der Waals surface area contributed by atoms with Crippen LogP contribution in [0.25, 0.3) is 10.9 Å². The Morgan fingerprint density at radius 2 is 1.46 bits per heavy atom. The number of carboxylic acids is 2. The van der Waals surface area contributed by atoms with E-state index in [-0.39, 0.29) is 36.9 Å². The van der Waals surface area contributed by atoms with E-state index in [1.54, 1.807) is 11.9 Å². The van der Waals surface area contributed by atoms with Crippen LogP contribution < -0.4 is 31.1 Å². The number of hydrazine groups is 1. The lowest BCUT2D eigenvalue weighted by Crippen LogP contribution is -2.82. The number of anilines is 1. The molecule has 6 heterocycles. The lowest BCUT2D eigenvalue weighted by molar-refractivity contribution is -0.204. The van der Waals surface area contributed by atoms with Crippen LogP contribution in [0.4, 0.5) is 10.5 Å². The zero-order valence-corrected chi connectivity index (χ0v) is 59.2. The van der Waals surface area contributed by atoms with E-state index in [1.165, 1.54) is 14.2 Å². The Kier molecular flexibility index (Phi) is 25.3. The van der Waals surface area contributed by atoms with Crippen LogP contribution in [-0.2, 0) is 60.3 Å². The average molecular weight is 1470 g/mol. The highest BCUT2D eigenvalue weighted by Gasteiger charge is 2.79. The molecular weight excluding hydrogens is 1380 g/mol. The first-order chi connectivity index (χ1) is 48.4. The summed E-state index contributed by atoms with van der Waals surface area (Å²) >= 11 is 0. The van der Waals surface area contributed by atoms with Crippen LogP contribution >= 0.6 is 21.6 Å². The molecule has 1 spiro atoms. The third kappa shape index (κ3) is 14.6. The average Bonchev–Trinajstić information content (AvgIpc) is 1.46. The molecule has 20 atom stereocenters. The number of fused-ring (bicyclic) bond motifs is 6. The van der Waals surface area contributed by atoms with Crippen molar-refractivity contribution in [3.8, 4) is 5.75 Å². The number of hydrogen-bond acceptors (Lipinski definition) is 28. The van der Waals surface area contributed by atoms with Gasteiger partial charge in [-0.05, 0) is 81.3 Å². The Morgan fingerprint density at radius 1 is 0.794 bits per heavy atom. The monoisotopic (exact) mass is 1470 g/mol. The van der Waals surface area contributed by atoms with Crippen molar-refractivity contribution >= 4 is 85.6 Å². The molecule has 0 radical (unpaired) electrons. The third-order valence-electron chi connectivity index (χ3n) is 22.1. The summed E-state index contributed by atoms with van der Waals surface area (Å²) in [7, 11) is 7.54. The Bertz CT molecular complexity index is 3630. The van der Waals surface area contributed by atoms with Gasteiger partial charge in [0, 0.05) is 108 Å². The molecule has 2 saturated heterocycles. The van der Waals surface area contributed by atoms with Gasteiger partial charge in [-0.3, -0.25) is 48.8 Å². The van der Waals surface area contributed by atoms with Gasteiger partial charge in [0.15, 0.2) is 17.2 Å². The topological polar surface area (TPSA) is 501 Å². The van der Waals surface area contributed by atoms with Gasteiger partial charge in [0.1, 0.15) is 66.5 Å². The molecule has 102 heavy (non-hydrogen) atoms. The van der Waals surface area contributed by atoms with Gasteiger partial charge in [-0.25, -0.2) is 10.2 Å². The molecule has 2 bridgehead atoms. The number of carbonyl (C=O) groups is 8. The Balaban J connectivity index is 0.911. The first-order valence-electron chi connectivity index (χ1n) is 34.0. The fourth-order valence-electron chi connectivity index (χ4n) is 17.3. The summed E-state index contributed by atoms with van der Waals surface area (Å²) < 4.78 is 17.7. The minimum Gasteiger partial charge on any atom is -0.496 e. The van der Waals surface area contributed by atoms with Crippen molar-refractivity contribution in [2.75, 3.05) is 97.3 Å². The quantitative estimate of drug-likeness (QED) is 0.00996. The summed E-state index contributed by atoms with van der Waals surface area (Å²) in [5.74, 6) is -12.7. The number of nitrogens with one attached hydrogen (secondary N) is 5. The highest BCUT2D eigenvalue weighted by Crippen LogP contribution is 2.68. The van der Waals surface area contributed by atoms with Crippen molar-refractivity contribution in [3.63, 3.8) is 0 Å². The second-order valence-electron chi connectivity index (χ2n) is 27.8. The van der Waals surface area contributed by atoms with E-state index < -0.39 is 186 Å². The predicted molar refractivity (Wildman–Crippen MR) is 368 cm³/mol. The second kappa shape index (κ2) is 32.4. The maximum absolute atomic E-state index is 15.6. The number of hydrogen-bond donors (Lipinski definition) is 18. The van der Waals surface area contributed by atoms with E-state index in [0.29, 0.717) is 86.7 Å². The third-order valence-corrected chi connectivity index (χ3v) is 24.6. The summed E-state index contributed by atoms with van der Waals surface area (Å²) in [5, 5.41) is 145. The number of piperidine rings is 1. The largest absolute Gasteiger partial charge is 0.496 e. The summed E-state index contributed by atoms with van der Waals surface area (Å²) in [6, 6.07) is 5.76. The lowest BCUT2D eigenvalue weighted by atomic mass is 9.47. The van der Waals surface area contributed by atoms with E-state index in [0.717, 1.165) is 45.1 Å². The van der Waals surface area contributed by atoms with Gasteiger partial charge in [0.2, 0.25) is 5.91 Å². The fourth-order valence-corrected chi connectivity index (χ4v) is 19.4. The number of Topliss-reactive ketones (excluding diaryl/α,β-unsaturated/α-hetero) is 2. The van der Waals surface area contributed by atoms with Crippen molar-refractivity contribution in [1.29, 1.82) is 0 Å². The molecule has 1 saturated carbocycles. The smallest absolute Gasteiger partial charge is 0.426 e. The number of aliphatic carboxylic acids is 2. The van der Waals surface area contributed by atoms with Gasteiger partial charge < -0.3 is 101 Å². The molecule has 3 fully saturated rings. The molecule has 3 aromatic rings.